The zero-order valence-electron chi connectivity index (χ0n) is 14.7. The first-order valence-electron chi connectivity index (χ1n) is 8.64. The molecular formula is C18H24ClN3O4. The van der Waals surface area contributed by atoms with E-state index in [2.05, 4.69) is 5.32 Å². The molecule has 2 heterocycles. The summed E-state index contributed by atoms with van der Waals surface area (Å²) in [5, 5.41) is 12.0. The molecule has 2 N–H and O–H groups in total. The molecule has 1 aromatic rings. The topological polar surface area (TPSA) is 90.0 Å². The van der Waals surface area contributed by atoms with E-state index in [9.17, 15) is 14.4 Å². The Labute approximate surface area is 158 Å². The number of carboxylic acids is 1. The minimum atomic E-state index is -0.807. The summed E-state index contributed by atoms with van der Waals surface area (Å²) in [7, 11) is 0. The number of hydrogen-bond donors (Lipinski definition) is 2. The van der Waals surface area contributed by atoms with Gasteiger partial charge in [-0.15, -0.1) is 12.4 Å². The molecule has 2 aliphatic heterocycles. The van der Waals surface area contributed by atoms with Crippen molar-refractivity contribution in [2.24, 2.45) is 5.92 Å². The van der Waals surface area contributed by atoms with Gasteiger partial charge in [-0.25, -0.2) is 0 Å². The second-order valence-corrected chi connectivity index (χ2v) is 6.68. The summed E-state index contributed by atoms with van der Waals surface area (Å²) in [6.45, 7) is 3.49. The third-order valence-corrected chi connectivity index (χ3v) is 4.99. The van der Waals surface area contributed by atoms with E-state index in [0.29, 0.717) is 38.2 Å². The number of nitrogens with one attached hydrogen (secondary N) is 1. The number of amides is 2. The van der Waals surface area contributed by atoms with E-state index in [4.69, 9.17) is 5.11 Å². The molecule has 2 aliphatic rings. The van der Waals surface area contributed by atoms with Crippen LogP contribution < -0.4 is 10.2 Å². The highest BCUT2D eigenvalue weighted by Crippen LogP contribution is 2.25. The third kappa shape index (κ3) is 4.34. The van der Waals surface area contributed by atoms with E-state index < -0.39 is 17.9 Å². The van der Waals surface area contributed by atoms with Crippen molar-refractivity contribution in [3.8, 4) is 0 Å². The van der Waals surface area contributed by atoms with Crippen molar-refractivity contribution >= 4 is 41.6 Å². The summed E-state index contributed by atoms with van der Waals surface area (Å²) in [6.07, 6.45) is 1.99. The van der Waals surface area contributed by atoms with Crippen LogP contribution in [0, 0.1) is 5.92 Å². The van der Waals surface area contributed by atoms with Crippen LogP contribution in [0.25, 0.3) is 0 Å². The first-order chi connectivity index (χ1) is 12.0. The van der Waals surface area contributed by atoms with Crippen molar-refractivity contribution < 1.29 is 19.5 Å². The fraction of sp³-hybridized carbons (Fsp3) is 0.500. The van der Waals surface area contributed by atoms with Crippen LogP contribution in [0.1, 0.15) is 26.2 Å². The van der Waals surface area contributed by atoms with Gasteiger partial charge in [-0.2, -0.15) is 0 Å². The average molecular weight is 382 g/mol. The molecule has 0 radical (unpaired) electrons. The van der Waals surface area contributed by atoms with Gasteiger partial charge in [0.1, 0.15) is 0 Å². The summed E-state index contributed by atoms with van der Waals surface area (Å²) in [4.78, 5) is 39.0. The predicted octanol–water partition coefficient (Wildman–Crippen LogP) is 1.97. The lowest BCUT2D eigenvalue weighted by molar-refractivity contribution is -0.141. The van der Waals surface area contributed by atoms with Crippen LogP contribution in [0.3, 0.4) is 0 Å². The standard InChI is InChI=1S/C18H23N3O4.ClH/c1-12(20-9-7-13(11-20)18(24)25)17(23)19-14-4-2-5-15(10-14)21-8-3-6-16(21)22;/h2,4-5,10,12-13H,3,6-9,11H2,1H3,(H,19,23)(H,24,25);1H. The second kappa shape index (κ2) is 8.51. The lowest BCUT2D eigenvalue weighted by atomic mass is 10.1. The Bertz CT molecular complexity index is 697. The maximum atomic E-state index is 12.5. The highest BCUT2D eigenvalue weighted by Gasteiger charge is 2.33. The van der Waals surface area contributed by atoms with E-state index in [-0.39, 0.29) is 24.2 Å². The maximum absolute atomic E-state index is 12.5. The zero-order valence-corrected chi connectivity index (χ0v) is 15.5. The van der Waals surface area contributed by atoms with E-state index in [1.54, 1.807) is 24.0 Å². The fourth-order valence-corrected chi connectivity index (χ4v) is 3.43. The van der Waals surface area contributed by atoms with Crippen molar-refractivity contribution in [1.29, 1.82) is 0 Å². The van der Waals surface area contributed by atoms with Gasteiger partial charge in [0.15, 0.2) is 0 Å². The van der Waals surface area contributed by atoms with E-state index in [0.717, 1.165) is 12.1 Å². The van der Waals surface area contributed by atoms with Gasteiger partial charge in [-0.05, 0) is 44.5 Å². The zero-order chi connectivity index (χ0) is 18.0. The summed E-state index contributed by atoms with van der Waals surface area (Å²) in [5.41, 5.74) is 1.43. The largest absolute Gasteiger partial charge is 0.481 e. The normalized spacial score (nSPS) is 21.3. The maximum Gasteiger partial charge on any atom is 0.307 e. The van der Waals surface area contributed by atoms with Crippen LogP contribution >= 0.6 is 12.4 Å². The number of carbonyl (C=O) groups excluding carboxylic acids is 2. The van der Waals surface area contributed by atoms with Gasteiger partial charge in [-0.1, -0.05) is 6.07 Å². The van der Waals surface area contributed by atoms with Crippen LogP contribution in [-0.4, -0.2) is 53.5 Å². The number of benzene rings is 1. The van der Waals surface area contributed by atoms with E-state index in [1.165, 1.54) is 0 Å². The van der Waals surface area contributed by atoms with Crippen LogP contribution in [0.15, 0.2) is 24.3 Å². The van der Waals surface area contributed by atoms with Crippen LogP contribution in [0.4, 0.5) is 11.4 Å². The SMILES string of the molecule is CC(C(=O)Nc1cccc(N2CCCC2=O)c1)N1CCC(C(=O)O)C1.Cl. The minimum Gasteiger partial charge on any atom is -0.481 e. The molecule has 26 heavy (non-hydrogen) atoms. The molecule has 2 amide bonds. The Balaban J connectivity index is 0.00000243. The Hall–Kier alpha value is -2.12. The molecule has 0 aliphatic carbocycles. The number of halogens is 1. The van der Waals surface area contributed by atoms with Crippen molar-refractivity contribution in [2.75, 3.05) is 29.9 Å². The molecule has 0 aromatic heterocycles. The van der Waals surface area contributed by atoms with Crippen molar-refractivity contribution in [2.45, 2.75) is 32.2 Å². The Morgan fingerprint density at radius 3 is 2.69 bits per heavy atom. The van der Waals surface area contributed by atoms with Gasteiger partial charge >= 0.3 is 5.97 Å². The number of anilines is 2. The molecule has 2 unspecified atom stereocenters. The summed E-state index contributed by atoms with van der Waals surface area (Å²) in [5.74, 6) is -1.28. The summed E-state index contributed by atoms with van der Waals surface area (Å²) < 4.78 is 0. The van der Waals surface area contributed by atoms with Gasteiger partial charge in [0.25, 0.3) is 0 Å². The van der Waals surface area contributed by atoms with Crippen molar-refractivity contribution in [3.63, 3.8) is 0 Å². The quantitative estimate of drug-likeness (QED) is 0.813. The highest BCUT2D eigenvalue weighted by molar-refractivity contribution is 5.98. The first kappa shape index (κ1) is 20.2. The number of carboxylic acid groups (broad SMARTS) is 1. The molecule has 142 valence electrons. The average Bonchev–Trinajstić information content (AvgIpc) is 3.23. The van der Waals surface area contributed by atoms with Crippen molar-refractivity contribution in [3.05, 3.63) is 24.3 Å². The van der Waals surface area contributed by atoms with Gasteiger partial charge in [0.2, 0.25) is 11.8 Å². The molecule has 0 saturated carbocycles. The number of likely N-dealkylation sites (tertiary alicyclic amines) is 1. The van der Waals surface area contributed by atoms with Gasteiger partial charge in [0, 0.05) is 30.9 Å². The van der Waals surface area contributed by atoms with E-state index in [1.807, 2.05) is 17.0 Å². The predicted molar refractivity (Wildman–Crippen MR) is 101 cm³/mol. The van der Waals surface area contributed by atoms with Crippen LogP contribution in [0.5, 0.6) is 0 Å². The van der Waals surface area contributed by atoms with Crippen LogP contribution in [-0.2, 0) is 14.4 Å². The Kier molecular flexibility index (Phi) is 6.61. The Morgan fingerprint density at radius 2 is 2.08 bits per heavy atom. The number of rotatable bonds is 5. The number of aliphatic carboxylic acids is 1. The Morgan fingerprint density at radius 1 is 1.31 bits per heavy atom. The molecule has 2 atom stereocenters. The molecule has 0 spiro atoms. The monoisotopic (exact) mass is 381 g/mol. The van der Waals surface area contributed by atoms with Crippen molar-refractivity contribution in [1.82, 2.24) is 4.90 Å². The molecule has 1 aromatic carbocycles. The molecule has 0 bridgehead atoms. The lowest BCUT2D eigenvalue weighted by Crippen LogP contribution is -2.41. The first-order valence-corrected chi connectivity index (χ1v) is 8.64. The highest BCUT2D eigenvalue weighted by atomic mass is 35.5. The van der Waals surface area contributed by atoms with E-state index >= 15 is 0 Å². The number of nitrogens with zero attached hydrogens (tertiary/aromatic N) is 2. The molecule has 2 fully saturated rings. The molecule has 3 rings (SSSR count). The molecular weight excluding hydrogens is 358 g/mol. The third-order valence-electron chi connectivity index (χ3n) is 4.99. The van der Waals surface area contributed by atoms with Crippen LogP contribution in [0.2, 0.25) is 0 Å². The molecule has 7 nitrogen and oxygen atoms in total. The minimum absolute atomic E-state index is 0. The van der Waals surface area contributed by atoms with Gasteiger partial charge in [-0.3, -0.25) is 19.3 Å². The second-order valence-electron chi connectivity index (χ2n) is 6.68. The fourth-order valence-electron chi connectivity index (χ4n) is 3.43. The smallest absolute Gasteiger partial charge is 0.307 e. The lowest BCUT2D eigenvalue weighted by Gasteiger charge is -2.23. The summed E-state index contributed by atoms with van der Waals surface area (Å²) >= 11 is 0. The summed E-state index contributed by atoms with van der Waals surface area (Å²) in [6, 6.07) is 6.87. The molecule has 8 heteroatoms. The van der Waals surface area contributed by atoms with Gasteiger partial charge in [0.05, 0.1) is 12.0 Å². The van der Waals surface area contributed by atoms with Gasteiger partial charge < -0.3 is 15.3 Å². The number of hydrogen-bond acceptors (Lipinski definition) is 4. The molecule has 2 saturated heterocycles. The number of carbonyl (C=O) groups is 3.